The van der Waals surface area contributed by atoms with Crippen LogP contribution >= 0.6 is 0 Å². The maximum absolute atomic E-state index is 12.1. The molecule has 0 aromatic heterocycles. The lowest BCUT2D eigenvalue weighted by Crippen LogP contribution is -2.44. The van der Waals surface area contributed by atoms with Gasteiger partial charge >= 0.3 is 6.09 Å². The summed E-state index contributed by atoms with van der Waals surface area (Å²) in [7, 11) is -7.98. The van der Waals surface area contributed by atoms with Gasteiger partial charge in [-0.25, -0.2) is 31.9 Å². The van der Waals surface area contributed by atoms with Crippen LogP contribution in [0.15, 0.2) is 46.2 Å². The second-order valence-electron chi connectivity index (χ2n) is 12.0. The van der Waals surface area contributed by atoms with Crippen LogP contribution in [-0.2, 0) is 24.8 Å². The maximum atomic E-state index is 12.1. The minimum Gasteiger partial charge on any atom is -0.444 e. The van der Waals surface area contributed by atoms with Crippen molar-refractivity contribution in [2.24, 2.45) is 10.3 Å². The molecular weight excluding hydrogens is 660 g/mol. The number of carbonyl (C=O) groups excluding carboxylic acids is 1. The van der Waals surface area contributed by atoms with Gasteiger partial charge in [0.15, 0.2) is 0 Å². The molecular formula is C27H40N8O10S2. The third-order valence-corrected chi connectivity index (χ3v) is 9.02. The number of ether oxygens (including phenoxy) is 1. The highest BCUT2D eigenvalue weighted by molar-refractivity contribution is 7.89. The Hall–Kier alpha value is -4.11. The molecule has 4 rings (SSSR count). The smallest absolute Gasteiger partial charge is 0.410 e. The first-order valence-corrected chi connectivity index (χ1v) is 17.7. The summed E-state index contributed by atoms with van der Waals surface area (Å²) >= 11 is 0. The van der Waals surface area contributed by atoms with Gasteiger partial charge < -0.3 is 25.6 Å². The fourth-order valence-electron chi connectivity index (χ4n) is 4.86. The lowest BCUT2D eigenvalue weighted by molar-refractivity contribution is -0.384. The van der Waals surface area contributed by atoms with E-state index < -0.39 is 35.5 Å². The molecule has 2 heterocycles. The molecule has 2 saturated heterocycles. The van der Waals surface area contributed by atoms with Crippen LogP contribution in [0.3, 0.4) is 0 Å². The van der Waals surface area contributed by atoms with E-state index in [9.17, 15) is 41.9 Å². The average Bonchev–Trinajstić information content (AvgIpc) is 2.96. The summed E-state index contributed by atoms with van der Waals surface area (Å²) in [6, 6.07) is 7.18. The highest BCUT2D eigenvalue weighted by Gasteiger charge is 2.28. The fraction of sp³-hybridized carbons (Fsp3) is 0.519. The van der Waals surface area contributed by atoms with Crippen molar-refractivity contribution in [3.8, 4) is 0 Å². The molecule has 7 N–H and O–H groups in total. The molecule has 0 spiro atoms. The second-order valence-corrected chi connectivity index (χ2v) is 15.1. The number of hydrogen-bond acceptors (Lipinski definition) is 13. The molecule has 2 aliphatic rings. The lowest BCUT2D eigenvalue weighted by Gasteiger charge is -2.34. The van der Waals surface area contributed by atoms with Crippen LogP contribution in [0.4, 0.5) is 27.5 Å². The van der Waals surface area contributed by atoms with Gasteiger partial charge in [0.2, 0.25) is 20.0 Å². The van der Waals surface area contributed by atoms with Crippen LogP contribution in [0.1, 0.15) is 46.5 Å². The molecule has 18 nitrogen and oxygen atoms in total. The van der Waals surface area contributed by atoms with Crippen LogP contribution in [0.2, 0.25) is 0 Å². The largest absolute Gasteiger partial charge is 0.444 e. The molecule has 2 aliphatic heterocycles. The monoisotopic (exact) mass is 700 g/mol. The van der Waals surface area contributed by atoms with E-state index in [1.54, 1.807) is 25.7 Å². The number of sulfonamides is 2. The average molecular weight is 701 g/mol. The first-order chi connectivity index (χ1) is 21.7. The van der Waals surface area contributed by atoms with E-state index >= 15 is 0 Å². The van der Waals surface area contributed by atoms with Crippen molar-refractivity contribution in [2.45, 2.75) is 73.9 Å². The van der Waals surface area contributed by atoms with Crippen molar-refractivity contribution in [3.05, 3.63) is 56.6 Å². The van der Waals surface area contributed by atoms with Crippen LogP contribution in [0.25, 0.3) is 0 Å². The van der Waals surface area contributed by atoms with Gasteiger partial charge in [0.25, 0.3) is 11.4 Å². The Labute approximate surface area is 272 Å². The van der Waals surface area contributed by atoms with Gasteiger partial charge in [-0.1, -0.05) is 0 Å². The van der Waals surface area contributed by atoms with Crippen LogP contribution in [0, 0.1) is 20.2 Å². The minimum absolute atomic E-state index is 0.0947. The molecule has 20 heteroatoms. The summed E-state index contributed by atoms with van der Waals surface area (Å²) in [5.41, 5.74) is -0.693. The number of hydrogen-bond donors (Lipinski definition) is 5. The molecule has 0 unspecified atom stereocenters. The van der Waals surface area contributed by atoms with E-state index in [0.29, 0.717) is 31.6 Å². The summed E-state index contributed by atoms with van der Waals surface area (Å²) in [6.45, 7) is 7.99. The molecule has 2 fully saturated rings. The predicted octanol–water partition coefficient (Wildman–Crippen LogP) is 2.46. The molecule has 0 bridgehead atoms. The summed E-state index contributed by atoms with van der Waals surface area (Å²) in [6.07, 6.45) is 2.48. The maximum Gasteiger partial charge on any atom is 0.410 e. The van der Waals surface area contributed by atoms with Gasteiger partial charge in [0.05, 0.1) is 19.6 Å². The quantitative estimate of drug-likeness (QED) is 0.196. The van der Waals surface area contributed by atoms with E-state index in [1.807, 2.05) is 0 Å². The molecule has 0 saturated carbocycles. The Morgan fingerprint density at radius 3 is 1.60 bits per heavy atom. The number of benzene rings is 2. The van der Waals surface area contributed by atoms with Gasteiger partial charge in [-0.2, -0.15) is 0 Å². The van der Waals surface area contributed by atoms with Crippen molar-refractivity contribution >= 4 is 48.9 Å². The number of nitro benzene ring substituents is 2. The molecule has 0 atom stereocenters. The number of nitrogens with two attached hydrogens (primary N) is 2. The Kier molecular flexibility index (Phi) is 12.1. The van der Waals surface area contributed by atoms with Crippen molar-refractivity contribution in [1.29, 1.82) is 0 Å². The third kappa shape index (κ3) is 11.3. The van der Waals surface area contributed by atoms with Crippen molar-refractivity contribution in [2.75, 3.05) is 36.8 Å². The predicted molar refractivity (Wildman–Crippen MR) is 173 cm³/mol. The van der Waals surface area contributed by atoms with E-state index in [-0.39, 0.29) is 45.0 Å². The number of piperidine rings is 2. The normalized spacial score (nSPS) is 16.4. The van der Waals surface area contributed by atoms with Crippen LogP contribution < -0.4 is 26.2 Å². The molecule has 0 radical (unpaired) electrons. The third-order valence-electron chi connectivity index (χ3n) is 7.19. The van der Waals surface area contributed by atoms with Crippen LogP contribution in [-0.4, -0.2) is 81.5 Å². The Bertz CT molecular complexity index is 1680. The molecule has 2 aromatic carbocycles. The summed E-state index contributed by atoms with van der Waals surface area (Å²) in [4.78, 5) is 34.2. The van der Waals surface area contributed by atoms with Crippen molar-refractivity contribution in [1.82, 2.24) is 10.2 Å². The zero-order chi connectivity index (χ0) is 35.2. The minimum atomic E-state index is -4.03. The molecule has 47 heavy (non-hydrogen) atoms. The Morgan fingerprint density at radius 2 is 1.23 bits per heavy atom. The number of nitro groups is 2. The number of nitrogens with zero attached hydrogens (tertiary/aromatic N) is 3. The standard InChI is InChI=1S/C16H24N4O6S.C11H16N4O4S/c1-16(2,3)26-15(21)19-8-6-11(7-9-19)18-13-5-4-12(27(17,24)25)10-14(13)20(22)23;12-20(18,19)9-1-2-10(11(7-9)15(16)17)14-8-3-5-13-6-4-8/h4-5,10-11,18H,6-9H2,1-3H3,(H2,17,24,25);1-2,7-8,13-14H,3-6H2,(H2,12,18,19). The van der Waals surface area contributed by atoms with E-state index in [2.05, 4.69) is 16.0 Å². The molecule has 260 valence electrons. The highest BCUT2D eigenvalue weighted by Crippen LogP contribution is 2.30. The first-order valence-electron chi connectivity index (χ1n) is 14.6. The van der Waals surface area contributed by atoms with Crippen LogP contribution in [0.5, 0.6) is 0 Å². The van der Waals surface area contributed by atoms with Gasteiger partial charge in [-0.05, 0) is 83.8 Å². The molecule has 1 amide bonds. The topological polar surface area (TPSA) is 272 Å². The first kappa shape index (κ1) is 37.3. The lowest BCUT2D eigenvalue weighted by atomic mass is 10.0. The number of primary sulfonamides is 2. The second kappa shape index (κ2) is 15.2. The molecule has 0 aliphatic carbocycles. The number of carbonyl (C=O) groups is 1. The zero-order valence-electron chi connectivity index (χ0n) is 26.2. The Balaban J connectivity index is 0.000000267. The Morgan fingerprint density at radius 1 is 0.830 bits per heavy atom. The van der Waals surface area contributed by atoms with Gasteiger partial charge in [-0.3, -0.25) is 20.2 Å². The van der Waals surface area contributed by atoms with Crippen molar-refractivity contribution in [3.63, 3.8) is 0 Å². The van der Waals surface area contributed by atoms with E-state index in [4.69, 9.17) is 15.0 Å². The number of nitrogens with one attached hydrogen (secondary N) is 3. The number of rotatable bonds is 8. The molecule has 2 aromatic rings. The number of likely N-dealkylation sites (tertiary alicyclic amines) is 1. The summed E-state index contributed by atoms with van der Waals surface area (Å²) in [5, 5.41) is 41.7. The van der Waals surface area contributed by atoms with Crippen molar-refractivity contribution < 1.29 is 36.2 Å². The zero-order valence-corrected chi connectivity index (χ0v) is 27.8. The fourth-order valence-corrected chi connectivity index (χ4v) is 5.93. The highest BCUT2D eigenvalue weighted by atomic mass is 32.2. The number of anilines is 2. The number of amides is 1. The van der Waals surface area contributed by atoms with E-state index in [1.165, 1.54) is 24.3 Å². The van der Waals surface area contributed by atoms with E-state index in [0.717, 1.165) is 38.1 Å². The van der Waals surface area contributed by atoms with Gasteiger partial charge in [-0.15, -0.1) is 0 Å². The summed E-state index contributed by atoms with van der Waals surface area (Å²) in [5.74, 6) is 0. The summed E-state index contributed by atoms with van der Waals surface area (Å²) < 4.78 is 50.6. The van der Waals surface area contributed by atoms with Gasteiger partial charge in [0, 0.05) is 37.3 Å². The van der Waals surface area contributed by atoms with Gasteiger partial charge in [0.1, 0.15) is 17.0 Å². The SMILES string of the molecule is CC(C)(C)OC(=O)N1CCC(Nc2ccc(S(N)(=O)=O)cc2[N+](=O)[O-])CC1.NS(=O)(=O)c1ccc(NC2CCNCC2)c([N+](=O)[O-])c1.